The number of alkyl carbamates (subject to hydrolysis) is 2. The lowest BCUT2D eigenvalue weighted by Crippen LogP contribution is -2.40. The molecule has 0 bridgehead atoms. The molecule has 4 fully saturated rings. The van der Waals surface area contributed by atoms with Gasteiger partial charge in [0.15, 0.2) is 0 Å². The van der Waals surface area contributed by atoms with Crippen molar-refractivity contribution in [3.8, 4) is 0 Å². The molecule has 0 radical (unpaired) electrons. The highest BCUT2D eigenvalue weighted by molar-refractivity contribution is 5.81. The van der Waals surface area contributed by atoms with Crippen LogP contribution in [-0.4, -0.2) is 62.6 Å². The zero-order chi connectivity index (χ0) is 33.4. The second kappa shape index (κ2) is 19.7. The summed E-state index contributed by atoms with van der Waals surface area (Å²) in [6.07, 6.45) is 19.5. The van der Waals surface area contributed by atoms with Gasteiger partial charge >= 0.3 is 24.1 Å². The van der Waals surface area contributed by atoms with Gasteiger partial charge in [-0.3, -0.25) is 0 Å². The molecule has 0 saturated heterocycles. The number of esters is 2. The van der Waals surface area contributed by atoms with Gasteiger partial charge in [-0.2, -0.15) is 0 Å². The fraction of sp³-hybridized carbons (Fsp3) is 0.784. The van der Waals surface area contributed by atoms with Crippen LogP contribution in [0.5, 0.6) is 0 Å². The molecule has 2 N–H and O–H groups in total. The quantitative estimate of drug-likeness (QED) is 0.116. The van der Waals surface area contributed by atoms with Crippen molar-refractivity contribution >= 4 is 24.1 Å². The Hall–Kier alpha value is -3.04. The minimum absolute atomic E-state index is 0.192. The van der Waals surface area contributed by atoms with Crippen molar-refractivity contribution in [3.63, 3.8) is 0 Å². The first-order valence-electron chi connectivity index (χ1n) is 18.2. The highest BCUT2D eigenvalue weighted by Gasteiger charge is 2.30. The van der Waals surface area contributed by atoms with Crippen molar-refractivity contribution in [1.82, 2.24) is 10.6 Å². The Morgan fingerprint density at radius 3 is 1.02 bits per heavy atom. The van der Waals surface area contributed by atoms with Crippen LogP contribution in [0.2, 0.25) is 0 Å². The van der Waals surface area contributed by atoms with E-state index in [1.54, 1.807) is 0 Å². The summed E-state index contributed by atoms with van der Waals surface area (Å²) in [6, 6.07) is 0.383. The molecule has 4 aliphatic rings. The first-order valence-corrected chi connectivity index (χ1v) is 18.2. The van der Waals surface area contributed by atoms with Gasteiger partial charge in [-0.05, 0) is 145 Å². The Bertz CT molecular complexity index is 937. The molecular formula is C37H58N2O8. The summed E-state index contributed by atoms with van der Waals surface area (Å²) in [5.74, 6) is 2.18. The van der Waals surface area contributed by atoms with Gasteiger partial charge in [0, 0.05) is 24.2 Å². The van der Waals surface area contributed by atoms with Gasteiger partial charge in [0.2, 0.25) is 0 Å². The first-order chi connectivity index (χ1) is 22.8. The smallest absolute Gasteiger partial charge is 0.407 e. The Morgan fingerprint density at radius 2 is 0.723 bits per heavy atom. The molecule has 4 aliphatic carbocycles. The fourth-order valence-electron chi connectivity index (χ4n) is 8.01. The zero-order valence-corrected chi connectivity index (χ0v) is 28.3. The van der Waals surface area contributed by atoms with Crippen LogP contribution in [0.4, 0.5) is 9.59 Å². The lowest BCUT2D eigenvalue weighted by atomic mass is 9.76. The number of hydrogen-bond donors (Lipinski definition) is 2. The third-order valence-electron chi connectivity index (χ3n) is 11.1. The van der Waals surface area contributed by atoms with E-state index in [4.69, 9.17) is 18.9 Å². The van der Waals surface area contributed by atoms with E-state index in [0.717, 1.165) is 103 Å². The Kier molecular flexibility index (Phi) is 15.4. The first kappa shape index (κ1) is 36.8. The summed E-state index contributed by atoms with van der Waals surface area (Å²) in [6.45, 7) is 8.65. The predicted octanol–water partition coefficient (Wildman–Crippen LogP) is 7.02. The van der Waals surface area contributed by atoms with E-state index in [1.165, 1.54) is 18.6 Å². The third-order valence-corrected chi connectivity index (χ3v) is 11.1. The predicted molar refractivity (Wildman–Crippen MR) is 178 cm³/mol. The Labute approximate surface area is 281 Å². The fourth-order valence-corrected chi connectivity index (χ4v) is 8.01. The third kappa shape index (κ3) is 13.5. The van der Waals surface area contributed by atoms with Crippen molar-refractivity contribution < 1.29 is 38.1 Å². The lowest BCUT2D eigenvalue weighted by molar-refractivity contribution is -0.140. The molecule has 10 heteroatoms. The topological polar surface area (TPSA) is 129 Å². The van der Waals surface area contributed by atoms with Crippen molar-refractivity contribution in [3.05, 3.63) is 25.3 Å². The van der Waals surface area contributed by atoms with Crippen LogP contribution in [0.15, 0.2) is 25.3 Å². The maximum Gasteiger partial charge on any atom is 0.407 e. The van der Waals surface area contributed by atoms with Crippen LogP contribution in [-0.2, 0) is 28.5 Å². The largest absolute Gasteiger partial charge is 0.462 e. The number of carbonyl (C=O) groups excluding carboxylic acids is 4. The number of nitrogens with one attached hydrogen (secondary N) is 2. The van der Waals surface area contributed by atoms with Crippen LogP contribution < -0.4 is 10.6 Å². The molecule has 0 aliphatic heterocycles. The monoisotopic (exact) mass is 658 g/mol. The standard InChI is InChI=1S/C37H58N2O8/c1-3-34(40)44-22-28-5-9-30(10-6-28)24-46-36(42)38-32-17-13-26(14-18-32)21-27-15-19-33(20-16-27)39-37(43)47-25-31-11-7-29(8-12-31)23-45-35(41)4-2/h3-4,26-33H,1-2,5-25H2,(H,38,42)(H,39,43). The second-order valence-electron chi connectivity index (χ2n) is 14.6. The molecule has 0 heterocycles. The van der Waals surface area contributed by atoms with Crippen molar-refractivity contribution in [2.24, 2.45) is 35.5 Å². The highest BCUT2D eigenvalue weighted by Crippen LogP contribution is 2.36. The summed E-state index contributed by atoms with van der Waals surface area (Å²) in [7, 11) is 0. The van der Waals surface area contributed by atoms with Crippen LogP contribution in [0, 0.1) is 35.5 Å². The molecule has 264 valence electrons. The van der Waals surface area contributed by atoms with E-state index in [-0.39, 0.29) is 36.2 Å². The van der Waals surface area contributed by atoms with E-state index in [0.29, 0.717) is 61.9 Å². The molecular weight excluding hydrogens is 600 g/mol. The van der Waals surface area contributed by atoms with Gasteiger partial charge in [0.05, 0.1) is 26.4 Å². The number of rotatable bonds is 14. The molecule has 2 amide bonds. The van der Waals surface area contributed by atoms with Gasteiger partial charge in [0.1, 0.15) is 0 Å². The molecule has 0 aromatic carbocycles. The number of ether oxygens (including phenoxy) is 4. The SMILES string of the molecule is C=CC(=O)OCC1CCC(COC(=O)NC2CCC(CC3CCC(NC(=O)OCC4CCC(COC(=O)C=C)CC4)CC3)CC2)CC1. The molecule has 47 heavy (non-hydrogen) atoms. The summed E-state index contributed by atoms with van der Waals surface area (Å²) >= 11 is 0. The lowest BCUT2D eigenvalue weighted by Gasteiger charge is -2.34. The molecule has 4 saturated carbocycles. The van der Waals surface area contributed by atoms with E-state index in [1.807, 2.05) is 0 Å². The summed E-state index contributed by atoms with van der Waals surface area (Å²) in [4.78, 5) is 47.5. The van der Waals surface area contributed by atoms with Crippen molar-refractivity contribution in [1.29, 1.82) is 0 Å². The average molecular weight is 659 g/mol. The van der Waals surface area contributed by atoms with Crippen LogP contribution in [0.3, 0.4) is 0 Å². The second-order valence-corrected chi connectivity index (χ2v) is 14.6. The van der Waals surface area contributed by atoms with Gasteiger partial charge < -0.3 is 29.6 Å². The zero-order valence-electron chi connectivity index (χ0n) is 28.3. The maximum atomic E-state index is 12.5. The summed E-state index contributed by atoms with van der Waals surface area (Å²) in [5.41, 5.74) is 0. The number of hydrogen-bond acceptors (Lipinski definition) is 8. The average Bonchev–Trinajstić information content (AvgIpc) is 3.10. The van der Waals surface area contributed by atoms with E-state index in [9.17, 15) is 19.2 Å². The van der Waals surface area contributed by atoms with E-state index in [2.05, 4.69) is 23.8 Å². The molecule has 10 nitrogen and oxygen atoms in total. The number of amides is 2. The Morgan fingerprint density at radius 1 is 0.447 bits per heavy atom. The van der Waals surface area contributed by atoms with Gasteiger partial charge in [0.25, 0.3) is 0 Å². The molecule has 0 aromatic heterocycles. The number of carbonyl (C=O) groups is 4. The Balaban J connectivity index is 0.989. The van der Waals surface area contributed by atoms with E-state index < -0.39 is 0 Å². The summed E-state index contributed by atoms with van der Waals surface area (Å²) < 4.78 is 21.5. The van der Waals surface area contributed by atoms with Crippen molar-refractivity contribution in [2.45, 2.75) is 121 Å². The van der Waals surface area contributed by atoms with Crippen molar-refractivity contribution in [2.75, 3.05) is 26.4 Å². The van der Waals surface area contributed by atoms with E-state index >= 15 is 0 Å². The van der Waals surface area contributed by atoms with Gasteiger partial charge in [-0.1, -0.05) is 13.2 Å². The molecule has 0 atom stereocenters. The minimum Gasteiger partial charge on any atom is -0.462 e. The maximum absolute atomic E-state index is 12.5. The molecule has 0 unspecified atom stereocenters. The molecule has 4 rings (SSSR count). The van der Waals surface area contributed by atoms with Crippen LogP contribution in [0.25, 0.3) is 0 Å². The molecule has 0 aromatic rings. The van der Waals surface area contributed by atoms with Crippen LogP contribution >= 0.6 is 0 Å². The normalized spacial score (nSPS) is 31.0. The summed E-state index contributed by atoms with van der Waals surface area (Å²) in [5, 5.41) is 6.20. The van der Waals surface area contributed by atoms with Crippen LogP contribution in [0.1, 0.15) is 109 Å². The highest BCUT2D eigenvalue weighted by atomic mass is 16.6. The minimum atomic E-state index is -0.369. The van der Waals surface area contributed by atoms with Gasteiger partial charge in [-0.25, -0.2) is 19.2 Å². The molecule has 0 spiro atoms. The van der Waals surface area contributed by atoms with Gasteiger partial charge in [-0.15, -0.1) is 0 Å².